The molecule has 0 spiro atoms. The molecule has 5 nitrogen and oxygen atoms in total. The third-order valence-corrected chi connectivity index (χ3v) is 5.45. The minimum atomic E-state index is -0.574. The molecule has 24 heavy (non-hydrogen) atoms. The Balaban J connectivity index is 1.76. The maximum Gasteiger partial charge on any atom is 0.228 e. The van der Waals surface area contributed by atoms with Crippen molar-refractivity contribution in [1.82, 2.24) is 10.2 Å². The Morgan fingerprint density at radius 1 is 1.50 bits per heavy atom. The summed E-state index contributed by atoms with van der Waals surface area (Å²) in [5.74, 6) is -0.579. The second-order valence-electron chi connectivity index (χ2n) is 6.44. The SMILES string of the molecule is CNC(=O)[C@]12CCOC[C@H]1CN(C(=O)Cc1ccc(F)cc1Cl)C2. The third-order valence-electron chi connectivity index (χ3n) is 5.10. The van der Waals surface area contributed by atoms with E-state index in [2.05, 4.69) is 5.32 Å². The summed E-state index contributed by atoms with van der Waals surface area (Å²) in [7, 11) is 1.62. The third kappa shape index (κ3) is 3.00. The van der Waals surface area contributed by atoms with Gasteiger partial charge in [-0.1, -0.05) is 17.7 Å². The first kappa shape index (κ1) is 17.2. The number of carbonyl (C=O) groups excluding carboxylic acids is 2. The number of nitrogens with zero attached hydrogens (tertiary/aromatic N) is 1. The highest BCUT2D eigenvalue weighted by molar-refractivity contribution is 6.31. The van der Waals surface area contributed by atoms with Gasteiger partial charge < -0.3 is 15.0 Å². The molecule has 2 amide bonds. The van der Waals surface area contributed by atoms with Gasteiger partial charge in [0.2, 0.25) is 11.8 Å². The van der Waals surface area contributed by atoms with Gasteiger partial charge in [-0.15, -0.1) is 0 Å². The number of hydrogen-bond donors (Lipinski definition) is 1. The number of amides is 2. The highest BCUT2D eigenvalue weighted by Crippen LogP contribution is 2.42. The summed E-state index contributed by atoms with van der Waals surface area (Å²) in [6.07, 6.45) is 0.703. The van der Waals surface area contributed by atoms with Gasteiger partial charge in [0.25, 0.3) is 0 Å². The smallest absolute Gasteiger partial charge is 0.228 e. The number of likely N-dealkylation sites (tertiary alicyclic amines) is 1. The average molecular weight is 355 g/mol. The highest BCUT2D eigenvalue weighted by atomic mass is 35.5. The Morgan fingerprint density at radius 3 is 3.00 bits per heavy atom. The van der Waals surface area contributed by atoms with Crippen LogP contribution >= 0.6 is 11.6 Å². The van der Waals surface area contributed by atoms with Crippen molar-refractivity contribution < 1.29 is 18.7 Å². The number of ether oxygens (including phenoxy) is 1. The lowest BCUT2D eigenvalue weighted by Gasteiger charge is -2.36. The number of rotatable bonds is 3. The molecular formula is C17H20ClFN2O3. The molecule has 2 saturated heterocycles. The zero-order valence-electron chi connectivity index (χ0n) is 13.5. The second kappa shape index (κ2) is 6.69. The van der Waals surface area contributed by atoms with E-state index in [-0.39, 0.29) is 29.2 Å². The van der Waals surface area contributed by atoms with Crippen molar-refractivity contribution >= 4 is 23.4 Å². The lowest BCUT2D eigenvalue weighted by atomic mass is 9.73. The quantitative estimate of drug-likeness (QED) is 0.897. The summed E-state index contributed by atoms with van der Waals surface area (Å²) in [6.45, 7) is 1.88. The van der Waals surface area contributed by atoms with Crippen LogP contribution in [0.4, 0.5) is 4.39 Å². The maximum atomic E-state index is 13.1. The molecule has 2 atom stereocenters. The fourth-order valence-corrected chi connectivity index (χ4v) is 3.93. The van der Waals surface area contributed by atoms with Gasteiger partial charge in [-0.05, 0) is 24.1 Å². The second-order valence-corrected chi connectivity index (χ2v) is 6.85. The van der Waals surface area contributed by atoms with E-state index in [1.54, 1.807) is 11.9 Å². The summed E-state index contributed by atoms with van der Waals surface area (Å²) in [5, 5.41) is 2.97. The standard InChI is InChI=1S/C17H20ClFN2O3/c1-20-16(23)17-4-5-24-9-12(17)8-21(10-17)15(22)6-11-2-3-13(19)7-14(11)18/h2-3,7,12H,4-6,8-10H2,1H3,(H,20,23)/t12-,17+/m1/s1. The van der Waals surface area contributed by atoms with Crippen molar-refractivity contribution in [2.75, 3.05) is 33.4 Å². The molecule has 0 aliphatic carbocycles. The van der Waals surface area contributed by atoms with Gasteiger partial charge >= 0.3 is 0 Å². The lowest BCUT2D eigenvalue weighted by Crippen LogP contribution is -2.49. The van der Waals surface area contributed by atoms with Gasteiger partial charge in [-0.3, -0.25) is 9.59 Å². The van der Waals surface area contributed by atoms with Crippen LogP contribution in [0.25, 0.3) is 0 Å². The van der Waals surface area contributed by atoms with Gasteiger partial charge in [-0.25, -0.2) is 4.39 Å². The van der Waals surface area contributed by atoms with Crippen LogP contribution in [-0.2, 0) is 20.7 Å². The van der Waals surface area contributed by atoms with Crippen molar-refractivity contribution in [3.05, 3.63) is 34.6 Å². The molecule has 0 bridgehead atoms. The Morgan fingerprint density at radius 2 is 2.29 bits per heavy atom. The van der Waals surface area contributed by atoms with Crippen LogP contribution in [0, 0.1) is 17.2 Å². The summed E-state index contributed by atoms with van der Waals surface area (Å²) >= 11 is 6.01. The monoisotopic (exact) mass is 354 g/mol. The van der Waals surface area contributed by atoms with E-state index in [9.17, 15) is 14.0 Å². The van der Waals surface area contributed by atoms with E-state index >= 15 is 0 Å². The topological polar surface area (TPSA) is 58.6 Å². The predicted octanol–water partition coefficient (Wildman–Crippen LogP) is 1.63. The molecule has 130 valence electrons. The number of nitrogens with one attached hydrogen (secondary N) is 1. The van der Waals surface area contributed by atoms with E-state index in [1.807, 2.05) is 0 Å². The summed E-state index contributed by atoms with van der Waals surface area (Å²) in [6, 6.07) is 4.02. The molecule has 0 unspecified atom stereocenters. The maximum absolute atomic E-state index is 13.1. The van der Waals surface area contributed by atoms with Crippen LogP contribution in [0.1, 0.15) is 12.0 Å². The molecule has 0 radical (unpaired) electrons. The minimum absolute atomic E-state index is 0.00107. The fourth-order valence-electron chi connectivity index (χ4n) is 3.70. The van der Waals surface area contributed by atoms with Crippen LogP contribution in [0.2, 0.25) is 5.02 Å². The molecule has 1 N–H and O–H groups in total. The average Bonchev–Trinajstić information content (AvgIpc) is 2.97. The molecule has 7 heteroatoms. The first-order valence-electron chi connectivity index (χ1n) is 7.98. The van der Waals surface area contributed by atoms with Crippen LogP contribution in [0.3, 0.4) is 0 Å². The van der Waals surface area contributed by atoms with Crippen LogP contribution in [0.5, 0.6) is 0 Å². The molecule has 2 aliphatic rings. The van der Waals surface area contributed by atoms with Crippen molar-refractivity contribution in [1.29, 1.82) is 0 Å². The molecule has 2 heterocycles. The van der Waals surface area contributed by atoms with E-state index in [1.165, 1.54) is 18.2 Å². The van der Waals surface area contributed by atoms with E-state index < -0.39 is 11.2 Å². The number of halogens is 2. The van der Waals surface area contributed by atoms with E-state index in [0.29, 0.717) is 38.3 Å². The van der Waals surface area contributed by atoms with Gasteiger partial charge in [0.05, 0.1) is 18.4 Å². The van der Waals surface area contributed by atoms with Gasteiger partial charge in [0.1, 0.15) is 5.82 Å². The van der Waals surface area contributed by atoms with Crippen molar-refractivity contribution in [2.24, 2.45) is 11.3 Å². The first-order chi connectivity index (χ1) is 11.5. The normalized spacial score (nSPS) is 26.1. The molecule has 0 aromatic heterocycles. The fraction of sp³-hybridized carbons (Fsp3) is 0.529. The summed E-state index contributed by atoms with van der Waals surface area (Å²) < 4.78 is 18.6. The molecule has 1 aromatic rings. The van der Waals surface area contributed by atoms with Crippen LogP contribution < -0.4 is 5.32 Å². The van der Waals surface area contributed by atoms with Crippen molar-refractivity contribution in [2.45, 2.75) is 12.8 Å². The Kier molecular flexibility index (Phi) is 4.78. The number of benzene rings is 1. The molecule has 3 rings (SSSR count). The molecule has 2 fully saturated rings. The van der Waals surface area contributed by atoms with Gasteiger partial charge in [0.15, 0.2) is 0 Å². The number of hydrogen-bond acceptors (Lipinski definition) is 3. The van der Waals surface area contributed by atoms with Crippen LogP contribution in [0.15, 0.2) is 18.2 Å². The summed E-state index contributed by atoms with van der Waals surface area (Å²) in [4.78, 5) is 26.8. The Hall–Kier alpha value is -1.66. The zero-order valence-corrected chi connectivity index (χ0v) is 14.2. The predicted molar refractivity (Wildman–Crippen MR) is 87.1 cm³/mol. The van der Waals surface area contributed by atoms with Gasteiger partial charge in [-0.2, -0.15) is 0 Å². The molecule has 2 aliphatic heterocycles. The van der Waals surface area contributed by atoms with E-state index in [4.69, 9.17) is 16.3 Å². The van der Waals surface area contributed by atoms with Crippen LogP contribution in [-0.4, -0.2) is 50.1 Å². The molecule has 0 saturated carbocycles. The minimum Gasteiger partial charge on any atom is -0.381 e. The number of carbonyl (C=O) groups is 2. The Bertz CT molecular complexity index is 669. The summed E-state index contributed by atoms with van der Waals surface area (Å²) in [5.41, 5.74) is 0.0121. The van der Waals surface area contributed by atoms with Gasteiger partial charge in [0, 0.05) is 37.7 Å². The molecule has 1 aromatic carbocycles. The largest absolute Gasteiger partial charge is 0.381 e. The number of fused-ring (bicyclic) bond motifs is 1. The van der Waals surface area contributed by atoms with E-state index in [0.717, 1.165) is 0 Å². The zero-order chi connectivity index (χ0) is 17.3. The van der Waals surface area contributed by atoms with Crippen molar-refractivity contribution in [3.8, 4) is 0 Å². The molecular weight excluding hydrogens is 335 g/mol. The van der Waals surface area contributed by atoms with Crippen molar-refractivity contribution in [3.63, 3.8) is 0 Å². The lowest BCUT2D eigenvalue weighted by molar-refractivity contribution is -0.139. The Labute approximate surface area is 145 Å². The highest BCUT2D eigenvalue weighted by Gasteiger charge is 2.54. The first-order valence-corrected chi connectivity index (χ1v) is 8.36.